The fraction of sp³-hybridized carbons (Fsp3) is 0.481. The van der Waals surface area contributed by atoms with Gasteiger partial charge in [-0.25, -0.2) is 8.42 Å². The van der Waals surface area contributed by atoms with Crippen LogP contribution in [0.15, 0.2) is 52.5 Å². The summed E-state index contributed by atoms with van der Waals surface area (Å²) in [4.78, 5) is 23.5. The lowest BCUT2D eigenvalue weighted by atomic mass is 9.87. The van der Waals surface area contributed by atoms with Crippen LogP contribution in [0, 0.1) is 20.8 Å². The number of oxime groups is 1. The Morgan fingerprint density at radius 3 is 2.17 bits per heavy atom. The average Bonchev–Trinajstić information content (AvgIpc) is 3.27. The quantitative estimate of drug-likeness (QED) is 0.631. The first-order valence-electron chi connectivity index (χ1n) is 12.6. The molecule has 3 heterocycles. The molecule has 36 heavy (non-hydrogen) atoms. The van der Waals surface area contributed by atoms with Crippen LogP contribution in [0.4, 0.5) is 5.69 Å². The van der Waals surface area contributed by atoms with Gasteiger partial charge in [-0.3, -0.25) is 4.79 Å². The zero-order valence-corrected chi connectivity index (χ0v) is 22.1. The standard InChI is InChI=1S/C27H34N4O4S/c1-20-4-7-23(8-5-20)36(33,34)31-12-10-27(11-13-31)19-24(28-35-27)26(32)30-16-14-29(15-17-30)25-9-6-21(2)18-22(25)3/h4-9,18H,10-17,19H2,1-3H3. The van der Waals surface area contributed by atoms with E-state index in [1.807, 2.05) is 24.0 Å². The van der Waals surface area contributed by atoms with Crippen molar-refractivity contribution in [1.82, 2.24) is 9.21 Å². The van der Waals surface area contributed by atoms with Crippen molar-refractivity contribution < 1.29 is 18.0 Å². The molecule has 2 aromatic rings. The second-order valence-corrected chi connectivity index (χ2v) is 12.2. The summed E-state index contributed by atoms with van der Waals surface area (Å²) in [7, 11) is -3.55. The van der Waals surface area contributed by atoms with E-state index in [0.29, 0.717) is 56.0 Å². The second kappa shape index (κ2) is 9.52. The number of hydrogen-bond donors (Lipinski definition) is 0. The molecule has 0 unspecified atom stereocenters. The number of carbonyl (C=O) groups is 1. The molecular weight excluding hydrogens is 476 g/mol. The molecule has 3 aliphatic rings. The van der Waals surface area contributed by atoms with E-state index < -0.39 is 15.6 Å². The van der Waals surface area contributed by atoms with Gasteiger partial charge in [-0.05, 0) is 44.5 Å². The van der Waals surface area contributed by atoms with E-state index in [2.05, 4.69) is 42.1 Å². The lowest BCUT2D eigenvalue weighted by Crippen LogP contribution is -2.51. The third-order valence-electron chi connectivity index (χ3n) is 7.64. The van der Waals surface area contributed by atoms with E-state index in [1.165, 1.54) is 21.1 Å². The summed E-state index contributed by atoms with van der Waals surface area (Å²) in [6.45, 7) is 9.69. The highest BCUT2D eigenvalue weighted by molar-refractivity contribution is 7.89. The summed E-state index contributed by atoms with van der Waals surface area (Å²) >= 11 is 0. The largest absolute Gasteiger partial charge is 0.388 e. The first kappa shape index (κ1) is 24.8. The van der Waals surface area contributed by atoms with Crippen molar-refractivity contribution in [2.45, 2.75) is 50.5 Å². The average molecular weight is 511 g/mol. The molecule has 0 N–H and O–H groups in total. The maximum atomic E-state index is 13.2. The zero-order valence-electron chi connectivity index (χ0n) is 21.2. The Kier molecular flexibility index (Phi) is 6.55. The van der Waals surface area contributed by atoms with Crippen LogP contribution < -0.4 is 4.90 Å². The van der Waals surface area contributed by atoms with Gasteiger partial charge in [0.25, 0.3) is 5.91 Å². The molecule has 8 nitrogen and oxygen atoms in total. The third-order valence-corrected chi connectivity index (χ3v) is 9.55. The molecule has 0 aromatic heterocycles. The Bertz CT molecular complexity index is 1270. The monoisotopic (exact) mass is 510 g/mol. The molecule has 2 saturated heterocycles. The maximum absolute atomic E-state index is 13.2. The molecular formula is C27H34N4O4S. The SMILES string of the molecule is Cc1ccc(S(=O)(=O)N2CCC3(CC2)CC(C(=O)N2CCN(c4ccc(C)cc4C)CC2)=NO3)cc1. The van der Waals surface area contributed by atoms with Crippen LogP contribution in [0.2, 0.25) is 0 Å². The van der Waals surface area contributed by atoms with Crippen molar-refractivity contribution in [3.05, 3.63) is 59.2 Å². The first-order chi connectivity index (χ1) is 17.2. The van der Waals surface area contributed by atoms with E-state index in [9.17, 15) is 13.2 Å². The number of carbonyl (C=O) groups excluding carboxylic acids is 1. The molecule has 192 valence electrons. The van der Waals surface area contributed by atoms with Gasteiger partial charge >= 0.3 is 0 Å². The number of hydrogen-bond acceptors (Lipinski definition) is 6. The fourth-order valence-corrected chi connectivity index (χ4v) is 6.83. The zero-order chi connectivity index (χ0) is 25.5. The van der Waals surface area contributed by atoms with Crippen LogP contribution in [-0.2, 0) is 19.7 Å². The smallest absolute Gasteiger partial charge is 0.271 e. The maximum Gasteiger partial charge on any atom is 0.271 e. The number of piperazine rings is 1. The number of nitrogens with zero attached hydrogens (tertiary/aromatic N) is 4. The van der Waals surface area contributed by atoms with Gasteiger partial charge < -0.3 is 14.6 Å². The normalized spacial score (nSPS) is 20.4. The minimum absolute atomic E-state index is 0.0677. The number of aryl methyl sites for hydroxylation is 3. The lowest BCUT2D eigenvalue weighted by molar-refractivity contribution is -0.124. The molecule has 0 bridgehead atoms. The van der Waals surface area contributed by atoms with E-state index in [0.717, 1.165) is 18.7 Å². The van der Waals surface area contributed by atoms with Crippen LogP contribution in [0.1, 0.15) is 36.0 Å². The van der Waals surface area contributed by atoms with Crippen LogP contribution in [0.25, 0.3) is 0 Å². The Balaban J connectivity index is 1.15. The number of anilines is 1. The van der Waals surface area contributed by atoms with Crippen LogP contribution >= 0.6 is 0 Å². The molecule has 0 radical (unpaired) electrons. The molecule has 2 fully saturated rings. The van der Waals surface area contributed by atoms with Gasteiger partial charge in [0.15, 0.2) is 0 Å². The highest BCUT2D eigenvalue weighted by Crippen LogP contribution is 2.37. The summed E-state index contributed by atoms with van der Waals surface area (Å²) in [5.74, 6) is -0.0677. The van der Waals surface area contributed by atoms with Gasteiger partial charge in [0.1, 0.15) is 11.3 Å². The minimum atomic E-state index is -3.55. The van der Waals surface area contributed by atoms with Crippen molar-refractivity contribution in [2.75, 3.05) is 44.2 Å². The predicted octanol–water partition coefficient (Wildman–Crippen LogP) is 3.26. The van der Waals surface area contributed by atoms with Crippen molar-refractivity contribution >= 4 is 27.3 Å². The summed E-state index contributed by atoms with van der Waals surface area (Å²) in [5, 5.41) is 4.19. The summed E-state index contributed by atoms with van der Waals surface area (Å²) in [5.41, 5.74) is 4.60. The summed E-state index contributed by atoms with van der Waals surface area (Å²) < 4.78 is 27.6. The first-order valence-corrected chi connectivity index (χ1v) is 14.0. The molecule has 0 aliphatic carbocycles. The molecule has 5 rings (SSSR count). The molecule has 0 atom stereocenters. The second-order valence-electron chi connectivity index (χ2n) is 10.3. The molecule has 2 aromatic carbocycles. The summed E-state index contributed by atoms with van der Waals surface area (Å²) in [6, 6.07) is 13.4. The molecule has 9 heteroatoms. The molecule has 1 spiro atoms. The van der Waals surface area contributed by atoms with Crippen molar-refractivity contribution in [2.24, 2.45) is 5.16 Å². The molecule has 3 aliphatic heterocycles. The Hall–Kier alpha value is -2.91. The van der Waals surface area contributed by atoms with Gasteiger partial charge in [-0.15, -0.1) is 0 Å². The number of rotatable bonds is 4. The van der Waals surface area contributed by atoms with Crippen molar-refractivity contribution in [3.63, 3.8) is 0 Å². The van der Waals surface area contributed by atoms with E-state index in [-0.39, 0.29) is 5.91 Å². The van der Waals surface area contributed by atoms with Crippen LogP contribution in [0.5, 0.6) is 0 Å². The molecule has 0 saturated carbocycles. The summed E-state index contributed by atoms with van der Waals surface area (Å²) in [6.07, 6.45) is 1.46. The van der Waals surface area contributed by atoms with Gasteiger partial charge in [0.05, 0.1) is 4.90 Å². The van der Waals surface area contributed by atoms with E-state index in [1.54, 1.807) is 12.1 Å². The van der Waals surface area contributed by atoms with E-state index >= 15 is 0 Å². The number of benzene rings is 2. The predicted molar refractivity (Wildman–Crippen MR) is 140 cm³/mol. The Labute approximate surface area is 213 Å². The Morgan fingerprint density at radius 1 is 0.889 bits per heavy atom. The number of amides is 1. The third kappa shape index (κ3) is 4.74. The fourth-order valence-electron chi connectivity index (χ4n) is 5.39. The minimum Gasteiger partial charge on any atom is -0.388 e. The molecule has 1 amide bonds. The van der Waals surface area contributed by atoms with Crippen LogP contribution in [-0.4, -0.2) is 74.1 Å². The highest BCUT2D eigenvalue weighted by atomic mass is 32.2. The van der Waals surface area contributed by atoms with E-state index in [4.69, 9.17) is 4.84 Å². The van der Waals surface area contributed by atoms with Gasteiger partial charge in [-0.2, -0.15) is 4.31 Å². The number of sulfonamides is 1. The lowest BCUT2D eigenvalue weighted by Gasteiger charge is -2.37. The topological polar surface area (TPSA) is 82.5 Å². The van der Waals surface area contributed by atoms with Crippen molar-refractivity contribution in [3.8, 4) is 0 Å². The highest BCUT2D eigenvalue weighted by Gasteiger charge is 2.46. The van der Waals surface area contributed by atoms with Crippen molar-refractivity contribution in [1.29, 1.82) is 0 Å². The van der Waals surface area contributed by atoms with Gasteiger partial charge in [0.2, 0.25) is 10.0 Å². The van der Waals surface area contributed by atoms with Crippen LogP contribution in [0.3, 0.4) is 0 Å². The number of piperidine rings is 1. The Morgan fingerprint density at radius 2 is 1.53 bits per heavy atom. The van der Waals surface area contributed by atoms with Gasteiger partial charge in [-0.1, -0.05) is 40.5 Å². The van der Waals surface area contributed by atoms with Gasteiger partial charge in [0, 0.05) is 64.2 Å².